The zero-order valence-corrected chi connectivity index (χ0v) is 13.0. The molecule has 1 atom stereocenters. The number of anilines is 1. The number of benzene rings is 1. The van der Waals surface area contributed by atoms with E-state index >= 15 is 0 Å². The molecule has 1 aromatic carbocycles. The Balaban J connectivity index is 1.84. The van der Waals surface area contributed by atoms with Crippen molar-refractivity contribution in [3.63, 3.8) is 0 Å². The molecular formula is C16H19ClN4O. The number of halogens is 1. The fourth-order valence-corrected chi connectivity index (χ4v) is 2.96. The number of rotatable bonds is 5. The Bertz CT molecular complexity index is 667. The van der Waals surface area contributed by atoms with Crippen molar-refractivity contribution in [2.75, 3.05) is 25.0 Å². The van der Waals surface area contributed by atoms with Crippen molar-refractivity contribution in [2.24, 2.45) is 0 Å². The van der Waals surface area contributed by atoms with Gasteiger partial charge < -0.3 is 10.2 Å². The van der Waals surface area contributed by atoms with Crippen LogP contribution >= 0.6 is 11.6 Å². The van der Waals surface area contributed by atoms with Crippen molar-refractivity contribution < 1.29 is 0 Å². The summed E-state index contributed by atoms with van der Waals surface area (Å²) in [6.45, 7) is 3.12. The molecular weight excluding hydrogens is 300 g/mol. The predicted molar refractivity (Wildman–Crippen MR) is 88.3 cm³/mol. The molecule has 22 heavy (non-hydrogen) atoms. The third-order valence-corrected chi connectivity index (χ3v) is 4.34. The van der Waals surface area contributed by atoms with E-state index in [-0.39, 0.29) is 16.6 Å². The van der Waals surface area contributed by atoms with E-state index in [1.165, 1.54) is 18.4 Å². The van der Waals surface area contributed by atoms with Crippen molar-refractivity contribution in [1.82, 2.24) is 15.1 Å². The second-order valence-corrected chi connectivity index (χ2v) is 5.92. The van der Waals surface area contributed by atoms with Gasteiger partial charge in [-0.15, -0.1) is 0 Å². The molecule has 1 saturated heterocycles. The van der Waals surface area contributed by atoms with Crippen LogP contribution in [-0.2, 0) is 0 Å². The van der Waals surface area contributed by atoms with Crippen LogP contribution in [0.4, 0.5) is 5.69 Å². The molecule has 2 heterocycles. The van der Waals surface area contributed by atoms with E-state index < -0.39 is 0 Å². The van der Waals surface area contributed by atoms with Crippen LogP contribution in [0.3, 0.4) is 0 Å². The molecule has 1 unspecified atom stereocenters. The Hall–Kier alpha value is -1.85. The van der Waals surface area contributed by atoms with E-state index in [1.807, 2.05) is 18.2 Å². The van der Waals surface area contributed by atoms with Crippen LogP contribution in [0, 0.1) is 0 Å². The molecule has 116 valence electrons. The largest absolute Gasteiger partial charge is 0.374 e. The highest BCUT2D eigenvalue weighted by Crippen LogP contribution is 2.24. The highest BCUT2D eigenvalue weighted by atomic mass is 35.5. The molecule has 0 radical (unpaired) electrons. The molecule has 1 fully saturated rings. The second-order valence-electron chi connectivity index (χ2n) is 5.54. The van der Waals surface area contributed by atoms with E-state index in [1.54, 1.807) is 6.20 Å². The van der Waals surface area contributed by atoms with Crippen molar-refractivity contribution >= 4 is 17.3 Å². The Morgan fingerprint density at radius 3 is 2.73 bits per heavy atom. The molecule has 2 N–H and O–H groups in total. The number of nitrogens with one attached hydrogen (secondary N) is 2. The maximum atomic E-state index is 11.6. The average Bonchev–Trinajstić information content (AvgIpc) is 3.05. The van der Waals surface area contributed by atoms with Crippen LogP contribution in [0.25, 0.3) is 0 Å². The molecule has 0 spiro atoms. The average molecular weight is 319 g/mol. The summed E-state index contributed by atoms with van der Waals surface area (Å²) < 4.78 is 0. The molecule has 6 heteroatoms. The SMILES string of the molecule is O=c1[nH]ncc(NC(CN2CCCC2)c2ccccc2)c1Cl. The first-order valence-electron chi connectivity index (χ1n) is 7.51. The van der Waals surface area contributed by atoms with Gasteiger partial charge >= 0.3 is 0 Å². The maximum absolute atomic E-state index is 11.6. The number of aromatic amines is 1. The molecule has 0 bridgehead atoms. The highest BCUT2D eigenvalue weighted by molar-refractivity contribution is 6.32. The molecule has 2 aromatic rings. The second kappa shape index (κ2) is 6.94. The van der Waals surface area contributed by atoms with Gasteiger partial charge in [0.25, 0.3) is 5.56 Å². The summed E-state index contributed by atoms with van der Waals surface area (Å²) in [6, 6.07) is 10.3. The predicted octanol–water partition coefficient (Wildman–Crippen LogP) is 2.67. The third kappa shape index (κ3) is 3.48. The zero-order chi connectivity index (χ0) is 15.4. The van der Waals surface area contributed by atoms with Crippen molar-refractivity contribution in [1.29, 1.82) is 0 Å². The topological polar surface area (TPSA) is 61.0 Å². The van der Waals surface area contributed by atoms with Crippen molar-refractivity contribution in [3.8, 4) is 0 Å². The summed E-state index contributed by atoms with van der Waals surface area (Å²) >= 11 is 6.08. The number of H-pyrrole nitrogens is 1. The minimum atomic E-state index is -0.375. The van der Waals surface area contributed by atoms with Crippen LogP contribution in [0.15, 0.2) is 41.3 Å². The van der Waals surface area contributed by atoms with Crippen molar-refractivity contribution in [2.45, 2.75) is 18.9 Å². The van der Waals surface area contributed by atoms with Gasteiger partial charge in [0.1, 0.15) is 5.02 Å². The van der Waals surface area contributed by atoms with Gasteiger partial charge in [0.05, 0.1) is 17.9 Å². The summed E-state index contributed by atoms with van der Waals surface area (Å²) in [7, 11) is 0. The van der Waals surface area contributed by atoms with E-state index in [0.717, 1.165) is 19.6 Å². The number of aromatic nitrogens is 2. The van der Waals surface area contributed by atoms with E-state index in [9.17, 15) is 4.79 Å². The summed E-state index contributed by atoms with van der Waals surface area (Å²) in [5.41, 5.74) is 1.36. The fraction of sp³-hybridized carbons (Fsp3) is 0.375. The van der Waals surface area contributed by atoms with Crippen LogP contribution in [0.1, 0.15) is 24.4 Å². The van der Waals surface area contributed by atoms with Gasteiger partial charge in [-0.3, -0.25) is 4.79 Å². The normalized spacial score (nSPS) is 16.6. The quantitative estimate of drug-likeness (QED) is 0.890. The van der Waals surface area contributed by atoms with Gasteiger partial charge in [-0.25, -0.2) is 5.10 Å². The first-order valence-corrected chi connectivity index (χ1v) is 7.89. The van der Waals surface area contributed by atoms with E-state index in [2.05, 4.69) is 32.5 Å². The highest BCUT2D eigenvalue weighted by Gasteiger charge is 2.20. The molecule has 0 amide bonds. The Labute approximate surface area is 134 Å². The fourth-order valence-electron chi connectivity index (χ4n) is 2.81. The van der Waals surface area contributed by atoms with E-state index in [4.69, 9.17) is 11.6 Å². The first-order chi connectivity index (χ1) is 10.7. The Morgan fingerprint density at radius 1 is 1.27 bits per heavy atom. The number of hydrogen-bond acceptors (Lipinski definition) is 4. The van der Waals surface area contributed by atoms with Gasteiger partial charge in [0, 0.05) is 6.54 Å². The lowest BCUT2D eigenvalue weighted by molar-refractivity contribution is 0.323. The summed E-state index contributed by atoms with van der Waals surface area (Å²) in [6.07, 6.45) is 4.05. The monoisotopic (exact) mass is 318 g/mol. The molecule has 5 nitrogen and oxygen atoms in total. The van der Waals surface area contributed by atoms with Gasteiger partial charge in [-0.05, 0) is 31.5 Å². The van der Waals surface area contributed by atoms with Crippen molar-refractivity contribution in [3.05, 3.63) is 57.5 Å². The number of nitrogens with zero attached hydrogens (tertiary/aromatic N) is 2. The Morgan fingerprint density at radius 2 is 2.00 bits per heavy atom. The third-order valence-electron chi connectivity index (χ3n) is 3.97. The van der Waals surface area contributed by atoms with Crippen LogP contribution in [-0.4, -0.2) is 34.7 Å². The zero-order valence-electron chi connectivity index (χ0n) is 12.3. The van der Waals surface area contributed by atoms with Gasteiger partial charge in [-0.1, -0.05) is 41.9 Å². The van der Waals surface area contributed by atoms with Crippen LogP contribution < -0.4 is 10.9 Å². The van der Waals surface area contributed by atoms with Gasteiger partial charge in [0.15, 0.2) is 0 Å². The molecule has 1 aromatic heterocycles. The minimum absolute atomic E-state index is 0.0698. The molecule has 0 saturated carbocycles. The molecule has 1 aliphatic rings. The Kier molecular flexibility index (Phi) is 4.75. The first kappa shape index (κ1) is 15.1. The van der Waals surface area contributed by atoms with Crippen LogP contribution in [0.2, 0.25) is 5.02 Å². The lowest BCUT2D eigenvalue weighted by atomic mass is 10.1. The summed E-state index contributed by atoms with van der Waals surface area (Å²) in [4.78, 5) is 14.0. The standard InChI is InChI=1S/C16H19ClN4O/c17-15-13(10-18-20-16(15)22)19-14(11-21-8-4-5-9-21)12-6-2-1-3-7-12/h1-3,6-7,10,14H,4-5,8-9,11H2,(H2,19,20,22). The molecule has 0 aliphatic carbocycles. The summed E-state index contributed by atoms with van der Waals surface area (Å²) in [5.74, 6) is 0. The minimum Gasteiger partial charge on any atom is -0.374 e. The van der Waals surface area contributed by atoms with Gasteiger partial charge in [-0.2, -0.15) is 5.10 Å². The van der Waals surface area contributed by atoms with E-state index in [0.29, 0.717) is 5.69 Å². The molecule has 3 rings (SSSR count). The summed E-state index contributed by atoms with van der Waals surface area (Å²) in [5, 5.41) is 9.69. The number of likely N-dealkylation sites (tertiary alicyclic amines) is 1. The maximum Gasteiger partial charge on any atom is 0.285 e. The van der Waals surface area contributed by atoms with Crippen LogP contribution in [0.5, 0.6) is 0 Å². The van der Waals surface area contributed by atoms with Gasteiger partial charge in [0.2, 0.25) is 0 Å². The smallest absolute Gasteiger partial charge is 0.285 e. The molecule has 1 aliphatic heterocycles. The lowest BCUT2D eigenvalue weighted by Crippen LogP contribution is -2.30. The lowest BCUT2D eigenvalue weighted by Gasteiger charge is -2.25. The number of hydrogen-bond donors (Lipinski definition) is 2.